The first kappa shape index (κ1) is 19.1. The number of allylic oxidation sites excluding steroid dienone is 1. The second kappa shape index (κ2) is 7.14. The van der Waals surface area contributed by atoms with Crippen LogP contribution in [0.15, 0.2) is 51.2 Å². The van der Waals surface area contributed by atoms with E-state index in [4.69, 9.17) is 4.74 Å². The number of aromatic amines is 1. The molecule has 1 unspecified atom stereocenters. The Morgan fingerprint density at radius 3 is 2.64 bits per heavy atom. The predicted octanol–water partition coefficient (Wildman–Crippen LogP) is 1.69. The van der Waals surface area contributed by atoms with Gasteiger partial charge in [0, 0.05) is 23.9 Å². The van der Waals surface area contributed by atoms with Gasteiger partial charge < -0.3 is 10.1 Å². The van der Waals surface area contributed by atoms with Crippen molar-refractivity contribution in [2.45, 2.75) is 32.9 Å². The summed E-state index contributed by atoms with van der Waals surface area (Å²) < 4.78 is 6.48. The molecule has 0 fully saturated rings. The van der Waals surface area contributed by atoms with Crippen LogP contribution in [0.3, 0.4) is 0 Å². The molecule has 10 nitrogen and oxygen atoms in total. The van der Waals surface area contributed by atoms with E-state index in [1.807, 2.05) is 0 Å². The molecule has 0 spiro atoms. The highest BCUT2D eigenvalue weighted by Gasteiger charge is 2.35. The van der Waals surface area contributed by atoms with Crippen LogP contribution in [0.5, 0.6) is 0 Å². The monoisotopic (exact) mass is 386 g/mol. The van der Waals surface area contributed by atoms with Crippen molar-refractivity contribution in [3.8, 4) is 0 Å². The summed E-state index contributed by atoms with van der Waals surface area (Å²) in [6.45, 7) is 4.98. The van der Waals surface area contributed by atoms with Gasteiger partial charge in [0.1, 0.15) is 5.82 Å². The number of nitro groups is 1. The molecule has 0 aliphatic carbocycles. The molecular formula is C18H18N4O6. The number of carbonyl (C=O) groups excluding carboxylic acids is 1. The van der Waals surface area contributed by atoms with Crippen molar-refractivity contribution in [2.75, 3.05) is 5.32 Å². The number of ether oxygens (including phenoxy) is 1. The molecule has 10 heteroatoms. The SMILES string of the molecule is CC1=C(C(=O)OC(C)C)C(c2cccc([N+](=O)[O-])c2)n2c(cc(=O)[nH]c2=O)N1. The summed E-state index contributed by atoms with van der Waals surface area (Å²) in [7, 11) is 0. The number of aromatic nitrogens is 2. The highest BCUT2D eigenvalue weighted by Crippen LogP contribution is 2.36. The molecule has 0 radical (unpaired) electrons. The van der Waals surface area contributed by atoms with Crippen molar-refractivity contribution in [3.05, 3.63) is 78.1 Å². The molecule has 1 atom stereocenters. The van der Waals surface area contributed by atoms with Crippen LogP contribution in [0.4, 0.5) is 11.5 Å². The van der Waals surface area contributed by atoms with E-state index in [0.717, 1.165) is 0 Å². The summed E-state index contributed by atoms with van der Waals surface area (Å²) in [6, 6.07) is 5.80. The third-order valence-corrected chi connectivity index (χ3v) is 4.19. The van der Waals surface area contributed by atoms with E-state index < -0.39 is 34.3 Å². The molecule has 1 aromatic carbocycles. The van der Waals surface area contributed by atoms with Crippen molar-refractivity contribution in [1.82, 2.24) is 9.55 Å². The number of nitrogens with one attached hydrogen (secondary N) is 2. The van der Waals surface area contributed by atoms with Crippen LogP contribution < -0.4 is 16.6 Å². The van der Waals surface area contributed by atoms with Gasteiger partial charge in [-0.25, -0.2) is 9.59 Å². The van der Waals surface area contributed by atoms with Crippen molar-refractivity contribution in [1.29, 1.82) is 0 Å². The summed E-state index contributed by atoms with van der Waals surface area (Å²) in [5.74, 6) is -0.496. The number of nitro benzene ring substituents is 1. The van der Waals surface area contributed by atoms with Gasteiger partial charge in [-0.1, -0.05) is 12.1 Å². The zero-order valence-corrected chi connectivity index (χ0v) is 15.4. The minimum absolute atomic E-state index is 0.121. The van der Waals surface area contributed by atoms with Gasteiger partial charge in [0.2, 0.25) is 0 Å². The number of carbonyl (C=O) groups is 1. The lowest BCUT2D eigenvalue weighted by molar-refractivity contribution is -0.384. The number of hydrogen-bond donors (Lipinski definition) is 2. The van der Waals surface area contributed by atoms with E-state index in [-0.39, 0.29) is 17.1 Å². The van der Waals surface area contributed by atoms with Crippen molar-refractivity contribution < 1.29 is 14.5 Å². The molecule has 1 aromatic heterocycles. The van der Waals surface area contributed by atoms with E-state index in [1.54, 1.807) is 26.8 Å². The fourth-order valence-electron chi connectivity index (χ4n) is 3.12. The van der Waals surface area contributed by atoms with Crippen LogP contribution >= 0.6 is 0 Å². The summed E-state index contributed by atoms with van der Waals surface area (Å²) in [4.78, 5) is 49.8. The first-order chi connectivity index (χ1) is 13.2. The molecular weight excluding hydrogens is 368 g/mol. The van der Waals surface area contributed by atoms with Crippen LogP contribution in [0.2, 0.25) is 0 Å². The Hall–Kier alpha value is -3.69. The maximum atomic E-state index is 12.8. The standard InChI is InChI=1S/C18H18N4O6/c1-9(2)28-17(24)15-10(3)19-13-8-14(23)20-18(25)21(13)16(15)11-5-4-6-12(7-11)22(26)27/h4-9,16,19H,1-3H3,(H,20,23,25). The Morgan fingerprint density at radius 2 is 2.00 bits per heavy atom. The molecule has 2 aromatic rings. The number of esters is 1. The number of hydrogen-bond acceptors (Lipinski definition) is 7. The van der Waals surface area contributed by atoms with Crippen molar-refractivity contribution in [3.63, 3.8) is 0 Å². The Labute approximate surface area is 158 Å². The van der Waals surface area contributed by atoms with Crippen LogP contribution in [0.1, 0.15) is 32.4 Å². The van der Waals surface area contributed by atoms with Crippen LogP contribution in [0, 0.1) is 10.1 Å². The number of anilines is 1. The summed E-state index contributed by atoms with van der Waals surface area (Å²) in [5.41, 5.74) is -0.718. The Balaban J connectivity index is 2.29. The maximum absolute atomic E-state index is 12.8. The number of fused-ring (bicyclic) bond motifs is 1. The van der Waals surface area contributed by atoms with E-state index in [0.29, 0.717) is 11.3 Å². The minimum atomic E-state index is -1.01. The Kier molecular flexibility index (Phi) is 4.87. The smallest absolute Gasteiger partial charge is 0.338 e. The first-order valence-corrected chi connectivity index (χ1v) is 8.48. The molecule has 2 N–H and O–H groups in total. The van der Waals surface area contributed by atoms with Crippen LogP contribution in [0.25, 0.3) is 0 Å². The van der Waals surface area contributed by atoms with Gasteiger partial charge in [-0.2, -0.15) is 0 Å². The number of non-ortho nitro benzene ring substituents is 1. The van der Waals surface area contributed by atoms with Gasteiger partial charge in [0.25, 0.3) is 11.2 Å². The topological polar surface area (TPSA) is 136 Å². The van der Waals surface area contributed by atoms with Gasteiger partial charge in [0.05, 0.1) is 22.6 Å². The van der Waals surface area contributed by atoms with E-state index in [9.17, 15) is 24.5 Å². The molecule has 0 saturated heterocycles. The fraction of sp³-hybridized carbons (Fsp3) is 0.278. The molecule has 0 amide bonds. The third kappa shape index (κ3) is 3.43. The Bertz CT molecular complexity index is 1110. The number of H-pyrrole nitrogens is 1. The van der Waals surface area contributed by atoms with E-state index in [2.05, 4.69) is 10.3 Å². The van der Waals surface area contributed by atoms with Crippen LogP contribution in [-0.2, 0) is 9.53 Å². The summed E-state index contributed by atoms with van der Waals surface area (Å²) in [6.07, 6.45) is -0.410. The quantitative estimate of drug-likeness (QED) is 0.463. The maximum Gasteiger partial charge on any atom is 0.338 e. The summed E-state index contributed by atoms with van der Waals surface area (Å²) in [5, 5.41) is 14.1. The first-order valence-electron chi connectivity index (χ1n) is 8.48. The highest BCUT2D eigenvalue weighted by atomic mass is 16.6. The lowest BCUT2D eigenvalue weighted by Crippen LogP contribution is -2.40. The molecule has 2 heterocycles. The molecule has 1 aliphatic heterocycles. The zero-order chi connectivity index (χ0) is 20.6. The highest BCUT2D eigenvalue weighted by molar-refractivity contribution is 5.92. The number of nitrogens with zero attached hydrogens (tertiary/aromatic N) is 2. The van der Waals surface area contributed by atoms with Gasteiger partial charge in [-0.3, -0.25) is 24.5 Å². The van der Waals surface area contributed by atoms with Gasteiger partial charge in [-0.05, 0) is 26.3 Å². The second-order valence-electron chi connectivity index (χ2n) is 6.57. The van der Waals surface area contributed by atoms with Crippen molar-refractivity contribution in [2.24, 2.45) is 0 Å². The third-order valence-electron chi connectivity index (χ3n) is 4.19. The number of rotatable bonds is 4. The molecule has 3 rings (SSSR count). The van der Waals surface area contributed by atoms with Crippen molar-refractivity contribution >= 4 is 17.5 Å². The van der Waals surface area contributed by atoms with Gasteiger partial charge >= 0.3 is 11.7 Å². The molecule has 0 bridgehead atoms. The van der Waals surface area contributed by atoms with Gasteiger partial charge in [0.15, 0.2) is 0 Å². The molecule has 0 saturated carbocycles. The average Bonchev–Trinajstić information content (AvgIpc) is 2.59. The van der Waals surface area contributed by atoms with E-state index in [1.165, 1.54) is 28.8 Å². The molecule has 146 valence electrons. The minimum Gasteiger partial charge on any atom is -0.459 e. The zero-order valence-electron chi connectivity index (χ0n) is 15.4. The second-order valence-corrected chi connectivity index (χ2v) is 6.57. The largest absolute Gasteiger partial charge is 0.459 e. The average molecular weight is 386 g/mol. The lowest BCUT2D eigenvalue weighted by atomic mass is 9.94. The number of benzene rings is 1. The lowest BCUT2D eigenvalue weighted by Gasteiger charge is -2.31. The normalized spacial score (nSPS) is 15.8. The summed E-state index contributed by atoms with van der Waals surface area (Å²) >= 11 is 0. The Morgan fingerprint density at radius 1 is 1.29 bits per heavy atom. The molecule has 1 aliphatic rings. The fourth-order valence-corrected chi connectivity index (χ4v) is 3.12. The van der Waals surface area contributed by atoms with Crippen LogP contribution in [-0.4, -0.2) is 26.5 Å². The molecule has 28 heavy (non-hydrogen) atoms. The van der Waals surface area contributed by atoms with E-state index >= 15 is 0 Å². The predicted molar refractivity (Wildman–Crippen MR) is 100 cm³/mol. The van der Waals surface area contributed by atoms with Gasteiger partial charge in [-0.15, -0.1) is 0 Å².